The highest BCUT2D eigenvalue weighted by Crippen LogP contribution is 2.60. The topological polar surface area (TPSA) is 52.7 Å². The summed E-state index contributed by atoms with van der Waals surface area (Å²) in [7, 11) is 2.04. The molecule has 1 N–H and O–H groups in total. The molecule has 5 nitrogen and oxygen atoms in total. The van der Waals surface area contributed by atoms with Crippen molar-refractivity contribution in [1.29, 1.82) is 0 Å². The summed E-state index contributed by atoms with van der Waals surface area (Å²) in [4.78, 5) is 30.8. The predicted molar refractivity (Wildman–Crippen MR) is 118 cm³/mol. The highest BCUT2D eigenvalue weighted by molar-refractivity contribution is 5.91. The van der Waals surface area contributed by atoms with Gasteiger partial charge in [0.25, 0.3) is 0 Å². The van der Waals surface area contributed by atoms with Crippen molar-refractivity contribution in [1.82, 2.24) is 10.2 Å². The summed E-state index contributed by atoms with van der Waals surface area (Å²) >= 11 is 0. The molecule has 1 saturated heterocycles. The number of carbonyl (C=O) groups excluding carboxylic acids is 2. The van der Waals surface area contributed by atoms with Crippen LogP contribution in [-0.2, 0) is 9.59 Å². The molecule has 2 amide bonds. The number of hydrogen-bond acceptors (Lipinski definition) is 3. The van der Waals surface area contributed by atoms with Gasteiger partial charge in [0, 0.05) is 32.4 Å². The third kappa shape index (κ3) is 3.61. The maximum absolute atomic E-state index is 13.7. The molecule has 6 rings (SSSR count). The minimum atomic E-state index is -0.271. The fourth-order valence-electron chi connectivity index (χ4n) is 7.24. The van der Waals surface area contributed by atoms with Crippen LogP contribution in [0.3, 0.4) is 0 Å². The average molecular weight is 410 g/mol. The number of carbonyl (C=O) groups is 2. The zero-order chi connectivity index (χ0) is 20.7. The second-order valence-corrected chi connectivity index (χ2v) is 10.4. The van der Waals surface area contributed by atoms with E-state index in [4.69, 9.17) is 0 Å². The van der Waals surface area contributed by atoms with Crippen LogP contribution < -0.4 is 10.2 Å². The monoisotopic (exact) mass is 409 g/mol. The quantitative estimate of drug-likeness (QED) is 0.783. The largest absolute Gasteiger partial charge is 0.373 e. The molecule has 0 radical (unpaired) electrons. The van der Waals surface area contributed by atoms with Crippen LogP contribution in [0.5, 0.6) is 0 Å². The molecule has 0 spiro atoms. The second kappa shape index (κ2) is 7.90. The Morgan fingerprint density at radius 2 is 1.70 bits per heavy atom. The molecule has 5 heteroatoms. The van der Waals surface area contributed by atoms with Crippen LogP contribution in [0, 0.1) is 23.2 Å². The van der Waals surface area contributed by atoms with E-state index in [-0.39, 0.29) is 17.4 Å². The van der Waals surface area contributed by atoms with Gasteiger partial charge in [-0.2, -0.15) is 0 Å². The lowest BCUT2D eigenvalue weighted by molar-refractivity contribution is -0.160. The van der Waals surface area contributed by atoms with Crippen molar-refractivity contribution in [3.63, 3.8) is 0 Å². The van der Waals surface area contributed by atoms with Crippen molar-refractivity contribution in [2.75, 3.05) is 31.6 Å². The SMILES string of the molecule is CN(CCNC(=O)C1CCCN1C(=O)C12CC3CC(CC(C3)C1)C2)c1ccccc1. The van der Waals surface area contributed by atoms with Crippen LogP contribution in [0.1, 0.15) is 51.4 Å². The van der Waals surface area contributed by atoms with Gasteiger partial charge >= 0.3 is 0 Å². The number of hydrogen-bond donors (Lipinski definition) is 1. The lowest BCUT2D eigenvalue weighted by Crippen LogP contribution is -2.57. The van der Waals surface area contributed by atoms with Crippen LogP contribution in [0.4, 0.5) is 5.69 Å². The summed E-state index contributed by atoms with van der Waals surface area (Å²) < 4.78 is 0. The lowest BCUT2D eigenvalue weighted by atomic mass is 9.49. The zero-order valence-electron chi connectivity index (χ0n) is 18.2. The van der Waals surface area contributed by atoms with Gasteiger partial charge in [-0.15, -0.1) is 0 Å². The van der Waals surface area contributed by atoms with E-state index in [1.165, 1.54) is 19.3 Å². The van der Waals surface area contributed by atoms with Crippen molar-refractivity contribution < 1.29 is 9.59 Å². The molecule has 1 atom stereocenters. The first-order valence-electron chi connectivity index (χ1n) is 11.9. The van der Waals surface area contributed by atoms with Crippen molar-refractivity contribution in [3.8, 4) is 0 Å². The van der Waals surface area contributed by atoms with E-state index >= 15 is 0 Å². The number of benzene rings is 1. The average Bonchev–Trinajstić information content (AvgIpc) is 3.22. The Hall–Kier alpha value is -2.04. The van der Waals surface area contributed by atoms with Gasteiger partial charge in [-0.3, -0.25) is 9.59 Å². The Bertz CT molecular complexity index is 758. The highest BCUT2D eigenvalue weighted by atomic mass is 16.2. The number of nitrogens with one attached hydrogen (secondary N) is 1. The third-order valence-electron chi connectivity index (χ3n) is 8.25. The van der Waals surface area contributed by atoms with E-state index in [0.717, 1.165) is 68.6 Å². The van der Waals surface area contributed by atoms with E-state index in [1.54, 1.807) is 0 Å². The maximum Gasteiger partial charge on any atom is 0.242 e. The number of likely N-dealkylation sites (N-methyl/N-ethyl adjacent to an activating group) is 1. The third-order valence-corrected chi connectivity index (χ3v) is 8.25. The minimum Gasteiger partial charge on any atom is -0.373 e. The summed E-state index contributed by atoms with van der Waals surface area (Å²) in [6.45, 7) is 2.11. The van der Waals surface area contributed by atoms with Gasteiger partial charge < -0.3 is 15.1 Å². The van der Waals surface area contributed by atoms with Crippen molar-refractivity contribution in [2.24, 2.45) is 23.2 Å². The van der Waals surface area contributed by atoms with E-state index in [0.29, 0.717) is 12.5 Å². The van der Waals surface area contributed by atoms with Gasteiger partial charge in [0.05, 0.1) is 5.41 Å². The summed E-state index contributed by atoms with van der Waals surface area (Å²) in [5.74, 6) is 2.60. The predicted octanol–water partition coefficient (Wildman–Crippen LogP) is 3.45. The molecule has 1 aromatic rings. The molecule has 162 valence electrons. The fourth-order valence-corrected chi connectivity index (χ4v) is 7.24. The van der Waals surface area contributed by atoms with Crippen molar-refractivity contribution in [3.05, 3.63) is 30.3 Å². The molecular weight excluding hydrogens is 374 g/mol. The second-order valence-electron chi connectivity index (χ2n) is 10.4. The molecular formula is C25H35N3O2. The summed E-state index contributed by atoms with van der Waals surface area (Å²) in [5.41, 5.74) is 0.997. The number of rotatable bonds is 6. The van der Waals surface area contributed by atoms with Gasteiger partial charge in [-0.1, -0.05) is 18.2 Å². The molecule has 5 aliphatic rings. The van der Waals surface area contributed by atoms with Crippen LogP contribution in [0.2, 0.25) is 0 Å². The molecule has 4 aliphatic carbocycles. The van der Waals surface area contributed by atoms with Gasteiger partial charge in [-0.05, 0) is 81.3 Å². The molecule has 1 aromatic carbocycles. The van der Waals surface area contributed by atoms with Gasteiger partial charge in [-0.25, -0.2) is 0 Å². The first-order chi connectivity index (χ1) is 14.5. The van der Waals surface area contributed by atoms with Gasteiger partial charge in [0.2, 0.25) is 11.8 Å². The standard InChI is InChI=1S/C25H35N3O2/c1-27(21-6-3-2-4-7-21)11-9-26-23(29)22-8-5-10-28(22)24(30)25-15-18-12-19(16-25)14-20(13-18)17-25/h2-4,6-7,18-20,22H,5,8-17H2,1H3,(H,26,29). The van der Waals surface area contributed by atoms with Crippen molar-refractivity contribution in [2.45, 2.75) is 57.4 Å². The first-order valence-corrected chi connectivity index (χ1v) is 11.9. The number of anilines is 1. The number of nitrogens with zero attached hydrogens (tertiary/aromatic N) is 2. The lowest BCUT2D eigenvalue weighted by Gasteiger charge is -2.56. The maximum atomic E-state index is 13.7. The van der Waals surface area contributed by atoms with Crippen LogP contribution >= 0.6 is 0 Å². The minimum absolute atomic E-state index is 0.0343. The smallest absolute Gasteiger partial charge is 0.242 e. The van der Waals surface area contributed by atoms with Crippen LogP contribution in [0.25, 0.3) is 0 Å². The Morgan fingerprint density at radius 3 is 2.33 bits per heavy atom. The van der Waals surface area contributed by atoms with Gasteiger partial charge in [0.15, 0.2) is 0 Å². The molecule has 30 heavy (non-hydrogen) atoms. The summed E-state index contributed by atoms with van der Waals surface area (Å²) in [5, 5.41) is 3.11. The molecule has 1 heterocycles. The Morgan fingerprint density at radius 1 is 1.07 bits per heavy atom. The molecule has 1 unspecified atom stereocenters. The van der Waals surface area contributed by atoms with E-state index < -0.39 is 0 Å². The van der Waals surface area contributed by atoms with Gasteiger partial charge in [0.1, 0.15) is 6.04 Å². The Balaban J connectivity index is 1.19. The summed E-state index contributed by atoms with van der Waals surface area (Å²) in [6.07, 6.45) is 8.99. The highest BCUT2D eigenvalue weighted by Gasteiger charge is 2.56. The molecule has 5 fully saturated rings. The number of para-hydroxylation sites is 1. The van der Waals surface area contributed by atoms with E-state index in [1.807, 2.05) is 30.1 Å². The molecule has 1 aliphatic heterocycles. The van der Waals surface area contributed by atoms with Crippen LogP contribution in [0.15, 0.2) is 30.3 Å². The normalized spacial score (nSPS) is 34.2. The zero-order valence-corrected chi connectivity index (χ0v) is 18.2. The van der Waals surface area contributed by atoms with Crippen LogP contribution in [-0.4, -0.2) is 49.4 Å². The molecule has 0 aromatic heterocycles. The first kappa shape index (κ1) is 19.9. The number of likely N-dealkylation sites (tertiary alicyclic amines) is 1. The van der Waals surface area contributed by atoms with E-state index in [2.05, 4.69) is 22.3 Å². The Labute approximate surface area is 180 Å². The number of amides is 2. The van der Waals surface area contributed by atoms with E-state index in [9.17, 15) is 9.59 Å². The Kier molecular flexibility index (Phi) is 5.24. The molecule has 4 bridgehead atoms. The summed E-state index contributed by atoms with van der Waals surface area (Å²) in [6, 6.07) is 9.94. The molecule has 4 saturated carbocycles. The van der Waals surface area contributed by atoms with Crippen molar-refractivity contribution >= 4 is 17.5 Å². The fraction of sp³-hybridized carbons (Fsp3) is 0.680.